The molecule has 1 rings (SSSR count). The number of amides is 1. The van der Waals surface area contributed by atoms with Crippen LogP contribution in [0, 0.1) is 0 Å². The van der Waals surface area contributed by atoms with Gasteiger partial charge in [-0.25, -0.2) is 0 Å². The number of rotatable bonds is 6. The van der Waals surface area contributed by atoms with Gasteiger partial charge >= 0.3 is 0 Å². The summed E-state index contributed by atoms with van der Waals surface area (Å²) in [5, 5.41) is 0. The van der Waals surface area contributed by atoms with Crippen LogP contribution in [0.15, 0.2) is 28.7 Å². The first-order chi connectivity index (χ1) is 8.52. The molecule has 1 aromatic rings. The largest absolute Gasteiger partial charge is 0.392 e. The molecule has 0 aromatic heterocycles. The van der Waals surface area contributed by atoms with Gasteiger partial charge in [0.1, 0.15) is 0 Å². The van der Waals surface area contributed by atoms with Gasteiger partial charge in [-0.05, 0) is 24.1 Å². The Balaban J connectivity index is 2.69. The maximum Gasteiger partial charge on any atom is 0.227 e. The first kappa shape index (κ1) is 15.1. The molecule has 0 saturated heterocycles. The Bertz CT molecular complexity index is 437. The molecular formula is C13H17BrN2OS. The summed E-state index contributed by atoms with van der Waals surface area (Å²) in [6, 6.07) is 7.74. The van der Waals surface area contributed by atoms with E-state index in [1.807, 2.05) is 31.2 Å². The van der Waals surface area contributed by atoms with E-state index in [2.05, 4.69) is 15.9 Å². The van der Waals surface area contributed by atoms with Gasteiger partial charge in [0.2, 0.25) is 5.91 Å². The van der Waals surface area contributed by atoms with Gasteiger partial charge < -0.3 is 10.6 Å². The predicted molar refractivity (Wildman–Crippen MR) is 81.5 cm³/mol. The molecule has 0 fully saturated rings. The Morgan fingerprint density at radius 2 is 2.22 bits per heavy atom. The van der Waals surface area contributed by atoms with E-state index in [0.29, 0.717) is 24.5 Å². The monoisotopic (exact) mass is 328 g/mol. The lowest BCUT2D eigenvalue weighted by Crippen LogP contribution is -2.39. The second-order valence-electron chi connectivity index (χ2n) is 4.09. The highest BCUT2D eigenvalue weighted by atomic mass is 79.9. The average Bonchev–Trinajstić information content (AvgIpc) is 2.27. The molecule has 0 radical (unpaired) electrons. The molecule has 0 aliphatic carbocycles. The van der Waals surface area contributed by atoms with Gasteiger partial charge in [-0.1, -0.05) is 47.2 Å². The van der Waals surface area contributed by atoms with Crippen molar-refractivity contribution < 1.29 is 4.79 Å². The van der Waals surface area contributed by atoms with Gasteiger partial charge in [-0.15, -0.1) is 0 Å². The first-order valence-electron chi connectivity index (χ1n) is 5.83. The van der Waals surface area contributed by atoms with Crippen LogP contribution in [0.4, 0.5) is 0 Å². The quantitative estimate of drug-likeness (QED) is 0.816. The van der Waals surface area contributed by atoms with Crippen molar-refractivity contribution in [2.24, 2.45) is 5.73 Å². The molecule has 5 heteroatoms. The maximum atomic E-state index is 12.1. The summed E-state index contributed by atoms with van der Waals surface area (Å²) in [5.74, 6) is 0.0581. The lowest BCUT2D eigenvalue weighted by molar-refractivity contribution is -0.129. The summed E-state index contributed by atoms with van der Waals surface area (Å²) in [7, 11) is 0. The van der Waals surface area contributed by atoms with E-state index in [0.717, 1.165) is 16.5 Å². The molecule has 0 aliphatic rings. The zero-order chi connectivity index (χ0) is 13.5. The molecule has 0 spiro atoms. The number of thiocarbonyl (C=S) groups is 1. The van der Waals surface area contributed by atoms with Gasteiger partial charge in [-0.3, -0.25) is 4.79 Å². The number of carbonyl (C=O) groups is 1. The summed E-state index contributed by atoms with van der Waals surface area (Å²) >= 11 is 8.26. The normalized spacial score (nSPS) is 10.1. The average molecular weight is 329 g/mol. The zero-order valence-corrected chi connectivity index (χ0v) is 12.8. The van der Waals surface area contributed by atoms with Crippen molar-refractivity contribution in [2.75, 3.05) is 13.1 Å². The Labute approximate surface area is 121 Å². The molecule has 98 valence electrons. The van der Waals surface area contributed by atoms with E-state index in [-0.39, 0.29) is 5.91 Å². The van der Waals surface area contributed by atoms with Crippen LogP contribution in [0.3, 0.4) is 0 Å². The van der Waals surface area contributed by atoms with E-state index in [4.69, 9.17) is 18.0 Å². The van der Waals surface area contributed by atoms with Crippen LogP contribution in [-0.2, 0) is 11.2 Å². The van der Waals surface area contributed by atoms with E-state index in [1.54, 1.807) is 4.90 Å². The highest BCUT2D eigenvalue weighted by Crippen LogP contribution is 2.13. The lowest BCUT2D eigenvalue weighted by Gasteiger charge is -2.21. The number of nitrogens with two attached hydrogens (primary N) is 1. The van der Waals surface area contributed by atoms with Gasteiger partial charge in [-0.2, -0.15) is 0 Å². The van der Waals surface area contributed by atoms with Gasteiger partial charge in [0.15, 0.2) is 0 Å². The van der Waals surface area contributed by atoms with Crippen molar-refractivity contribution in [3.63, 3.8) is 0 Å². The molecule has 3 nitrogen and oxygen atoms in total. The topological polar surface area (TPSA) is 46.3 Å². The fraction of sp³-hybridized carbons (Fsp3) is 0.385. The number of hydrogen-bond acceptors (Lipinski definition) is 2. The highest BCUT2D eigenvalue weighted by molar-refractivity contribution is 9.10. The molecule has 0 aliphatic heterocycles. The minimum atomic E-state index is 0.0581. The van der Waals surface area contributed by atoms with Crippen molar-refractivity contribution in [3.8, 4) is 0 Å². The van der Waals surface area contributed by atoms with E-state index >= 15 is 0 Å². The molecule has 0 unspecified atom stereocenters. The molecule has 1 aromatic carbocycles. The van der Waals surface area contributed by atoms with Crippen molar-refractivity contribution >= 4 is 39.0 Å². The molecule has 1 amide bonds. The SMILES string of the molecule is CCCN(CC(N)=S)C(=O)Cc1cccc(Br)c1. The summed E-state index contributed by atoms with van der Waals surface area (Å²) in [4.78, 5) is 14.2. The summed E-state index contributed by atoms with van der Waals surface area (Å²) in [6.45, 7) is 3.07. The van der Waals surface area contributed by atoms with Crippen LogP contribution in [0.1, 0.15) is 18.9 Å². The number of carbonyl (C=O) groups excluding carboxylic acids is 1. The molecular weight excluding hydrogens is 312 g/mol. The van der Waals surface area contributed by atoms with Gasteiger partial charge in [0, 0.05) is 11.0 Å². The standard InChI is InChI=1S/C13H17BrN2OS/c1-2-6-16(9-12(15)18)13(17)8-10-4-3-5-11(14)7-10/h3-5,7H,2,6,8-9H2,1H3,(H2,15,18). The van der Waals surface area contributed by atoms with Crippen LogP contribution in [0.2, 0.25) is 0 Å². The van der Waals surface area contributed by atoms with Crippen molar-refractivity contribution in [1.82, 2.24) is 4.90 Å². The minimum Gasteiger partial charge on any atom is -0.392 e. The number of hydrogen-bond donors (Lipinski definition) is 1. The van der Waals surface area contributed by atoms with E-state index < -0.39 is 0 Å². The molecule has 18 heavy (non-hydrogen) atoms. The molecule has 0 atom stereocenters. The lowest BCUT2D eigenvalue weighted by atomic mass is 10.1. The van der Waals surface area contributed by atoms with Crippen LogP contribution in [0.25, 0.3) is 0 Å². The third-order valence-corrected chi connectivity index (χ3v) is 3.06. The van der Waals surface area contributed by atoms with Gasteiger partial charge in [0.05, 0.1) is 18.0 Å². The third kappa shape index (κ3) is 5.14. The maximum absolute atomic E-state index is 12.1. The number of nitrogens with zero attached hydrogens (tertiary/aromatic N) is 1. The minimum absolute atomic E-state index is 0.0581. The Hall–Kier alpha value is -0.940. The van der Waals surface area contributed by atoms with Crippen LogP contribution in [-0.4, -0.2) is 28.9 Å². The number of benzene rings is 1. The highest BCUT2D eigenvalue weighted by Gasteiger charge is 2.14. The second kappa shape index (κ2) is 7.48. The van der Waals surface area contributed by atoms with E-state index in [1.165, 1.54) is 0 Å². The third-order valence-electron chi connectivity index (χ3n) is 2.44. The van der Waals surface area contributed by atoms with Crippen LogP contribution in [0.5, 0.6) is 0 Å². The Morgan fingerprint density at radius 1 is 1.50 bits per heavy atom. The molecule has 0 saturated carbocycles. The van der Waals surface area contributed by atoms with E-state index in [9.17, 15) is 4.79 Å². The fourth-order valence-corrected chi connectivity index (χ4v) is 2.29. The molecule has 2 N–H and O–H groups in total. The Morgan fingerprint density at radius 3 is 2.78 bits per heavy atom. The predicted octanol–water partition coefficient (Wildman–Crippen LogP) is 2.52. The fourth-order valence-electron chi connectivity index (χ4n) is 1.68. The van der Waals surface area contributed by atoms with Gasteiger partial charge in [0.25, 0.3) is 0 Å². The van der Waals surface area contributed by atoms with Crippen molar-refractivity contribution in [2.45, 2.75) is 19.8 Å². The number of halogens is 1. The second-order valence-corrected chi connectivity index (χ2v) is 5.53. The van der Waals surface area contributed by atoms with Crippen LogP contribution < -0.4 is 5.73 Å². The summed E-state index contributed by atoms with van der Waals surface area (Å²) in [5.41, 5.74) is 6.49. The summed E-state index contributed by atoms with van der Waals surface area (Å²) in [6.07, 6.45) is 1.27. The molecule has 0 heterocycles. The summed E-state index contributed by atoms with van der Waals surface area (Å²) < 4.78 is 0.976. The van der Waals surface area contributed by atoms with Crippen molar-refractivity contribution in [3.05, 3.63) is 34.3 Å². The molecule has 0 bridgehead atoms. The first-order valence-corrected chi connectivity index (χ1v) is 7.03. The smallest absolute Gasteiger partial charge is 0.227 e. The van der Waals surface area contributed by atoms with Crippen molar-refractivity contribution in [1.29, 1.82) is 0 Å². The zero-order valence-electron chi connectivity index (χ0n) is 10.4. The Kier molecular flexibility index (Phi) is 6.29. The van der Waals surface area contributed by atoms with Crippen LogP contribution >= 0.6 is 28.1 Å².